The Morgan fingerprint density at radius 1 is 0.941 bits per heavy atom. The Hall–Kier alpha value is -2.35. The van der Waals surface area contributed by atoms with Crippen LogP contribution in [0.25, 0.3) is 0 Å². The van der Waals surface area contributed by atoms with Crippen LogP contribution in [0.5, 0.6) is 0 Å². The normalized spacial score (nSPS) is 8.65. The summed E-state index contributed by atoms with van der Waals surface area (Å²) in [5.74, 6) is 0.398. The summed E-state index contributed by atoms with van der Waals surface area (Å²) in [5.41, 5.74) is 7.35. The standard InChI is InChI=1S/C12H19N5/c1-9(5-13)6-15-10(2)7-16-11(3)8-17-12(4)14/h15-17H,1-4,6-8,14H2. The van der Waals surface area contributed by atoms with Gasteiger partial charge in [0.05, 0.1) is 25.0 Å². The Bertz CT molecular complexity index is 362. The first kappa shape index (κ1) is 14.6. The molecule has 0 aromatic rings. The van der Waals surface area contributed by atoms with E-state index in [9.17, 15) is 0 Å². The van der Waals surface area contributed by atoms with Crippen molar-refractivity contribution in [2.75, 3.05) is 19.6 Å². The molecule has 0 heterocycles. The lowest BCUT2D eigenvalue weighted by molar-refractivity contribution is 0.736. The van der Waals surface area contributed by atoms with Gasteiger partial charge in [-0.3, -0.25) is 0 Å². The fraction of sp³-hybridized carbons (Fsp3) is 0.250. The largest absolute Gasteiger partial charge is 0.386 e. The van der Waals surface area contributed by atoms with E-state index in [2.05, 4.69) is 42.3 Å². The van der Waals surface area contributed by atoms with Crippen LogP contribution in [0, 0.1) is 11.3 Å². The lowest BCUT2D eigenvalue weighted by Crippen LogP contribution is -2.30. The summed E-state index contributed by atoms with van der Waals surface area (Å²) in [5, 5.41) is 17.4. The summed E-state index contributed by atoms with van der Waals surface area (Å²) < 4.78 is 0. The summed E-state index contributed by atoms with van der Waals surface area (Å²) in [4.78, 5) is 0. The molecule has 0 bridgehead atoms. The first-order valence-corrected chi connectivity index (χ1v) is 5.05. The van der Waals surface area contributed by atoms with Crippen LogP contribution < -0.4 is 21.7 Å². The van der Waals surface area contributed by atoms with E-state index in [-0.39, 0.29) is 0 Å². The lowest BCUT2D eigenvalue weighted by atomic mass is 10.3. The molecule has 0 saturated heterocycles. The van der Waals surface area contributed by atoms with Gasteiger partial charge in [0.25, 0.3) is 0 Å². The maximum Gasteiger partial charge on any atom is 0.0959 e. The fourth-order valence-corrected chi connectivity index (χ4v) is 0.848. The average Bonchev–Trinajstić information content (AvgIpc) is 2.30. The van der Waals surface area contributed by atoms with Crippen LogP contribution in [0.1, 0.15) is 0 Å². The van der Waals surface area contributed by atoms with Crippen LogP contribution in [0.2, 0.25) is 0 Å². The molecule has 92 valence electrons. The van der Waals surface area contributed by atoms with Crippen LogP contribution >= 0.6 is 0 Å². The van der Waals surface area contributed by atoms with Crippen molar-refractivity contribution >= 4 is 0 Å². The number of hydrogen-bond acceptors (Lipinski definition) is 5. The van der Waals surface area contributed by atoms with E-state index in [0.29, 0.717) is 31.0 Å². The molecule has 0 unspecified atom stereocenters. The van der Waals surface area contributed by atoms with E-state index in [4.69, 9.17) is 11.0 Å². The highest BCUT2D eigenvalue weighted by Crippen LogP contribution is 1.89. The SMILES string of the molecule is C=C(C#N)CNC(=C)CNC(=C)CNC(=C)N. The molecular formula is C12H19N5. The highest BCUT2D eigenvalue weighted by molar-refractivity contribution is 5.19. The summed E-state index contributed by atoms with van der Waals surface area (Å²) in [6.45, 7) is 16.1. The van der Waals surface area contributed by atoms with Crippen molar-refractivity contribution in [1.82, 2.24) is 16.0 Å². The second-order valence-electron chi connectivity index (χ2n) is 3.51. The van der Waals surface area contributed by atoms with Crippen molar-refractivity contribution in [3.63, 3.8) is 0 Å². The zero-order valence-corrected chi connectivity index (χ0v) is 9.97. The van der Waals surface area contributed by atoms with E-state index < -0.39 is 0 Å². The summed E-state index contributed by atoms with van der Waals surface area (Å²) >= 11 is 0. The first-order valence-electron chi connectivity index (χ1n) is 5.05. The fourth-order valence-electron chi connectivity index (χ4n) is 0.848. The van der Waals surface area contributed by atoms with E-state index in [1.165, 1.54) is 0 Å². The van der Waals surface area contributed by atoms with Crippen molar-refractivity contribution in [3.8, 4) is 6.07 Å². The van der Waals surface area contributed by atoms with Crippen LogP contribution in [-0.2, 0) is 0 Å². The van der Waals surface area contributed by atoms with E-state index in [1.54, 1.807) is 0 Å². The summed E-state index contributed by atoms with van der Waals surface area (Å²) in [7, 11) is 0. The van der Waals surface area contributed by atoms with Gasteiger partial charge >= 0.3 is 0 Å². The van der Waals surface area contributed by atoms with Crippen molar-refractivity contribution < 1.29 is 0 Å². The Labute approximate surface area is 102 Å². The molecule has 0 saturated carbocycles. The second-order valence-corrected chi connectivity index (χ2v) is 3.51. The van der Waals surface area contributed by atoms with E-state index >= 15 is 0 Å². The van der Waals surface area contributed by atoms with Crippen LogP contribution in [0.4, 0.5) is 0 Å². The molecule has 17 heavy (non-hydrogen) atoms. The first-order chi connectivity index (χ1) is 7.95. The van der Waals surface area contributed by atoms with Gasteiger partial charge in [-0.25, -0.2) is 0 Å². The zero-order chi connectivity index (χ0) is 13.3. The molecule has 0 aliphatic carbocycles. The minimum atomic E-state index is 0.398. The number of nitrogens with zero attached hydrogens (tertiary/aromatic N) is 1. The molecule has 5 N–H and O–H groups in total. The van der Waals surface area contributed by atoms with Gasteiger partial charge in [-0.15, -0.1) is 0 Å². The zero-order valence-electron chi connectivity index (χ0n) is 9.97. The monoisotopic (exact) mass is 233 g/mol. The van der Waals surface area contributed by atoms with Crippen molar-refractivity contribution in [2.24, 2.45) is 5.73 Å². The predicted molar refractivity (Wildman–Crippen MR) is 70.4 cm³/mol. The van der Waals surface area contributed by atoms with Gasteiger partial charge in [0.1, 0.15) is 0 Å². The molecule has 0 amide bonds. The van der Waals surface area contributed by atoms with Gasteiger partial charge in [-0.1, -0.05) is 26.3 Å². The number of nitrogens with two attached hydrogens (primary N) is 1. The third-order valence-corrected chi connectivity index (χ3v) is 1.79. The topological polar surface area (TPSA) is 85.9 Å². The van der Waals surface area contributed by atoms with Gasteiger partial charge in [-0.05, 0) is 0 Å². The molecule has 0 aliphatic heterocycles. The van der Waals surface area contributed by atoms with Gasteiger partial charge in [0.15, 0.2) is 0 Å². The molecule has 5 heteroatoms. The summed E-state index contributed by atoms with van der Waals surface area (Å²) in [6.07, 6.45) is 0. The Morgan fingerprint density at radius 2 is 1.41 bits per heavy atom. The number of rotatable bonds is 9. The molecule has 0 aromatic heterocycles. The lowest BCUT2D eigenvalue weighted by Gasteiger charge is -2.13. The van der Waals surface area contributed by atoms with Crippen molar-refractivity contribution in [2.45, 2.75) is 0 Å². The average molecular weight is 233 g/mol. The van der Waals surface area contributed by atoms with Crippen molar-refractivity contribution in [3.05, 3.63) is 49.1 Å². The molecule has 0 radical (unpaired) electrons. The van der Waals surface area contributed by atoms with Crippen LogP contribution in [-0.4, -0.2) is 19.6 Å². The van der Waals surface area contributed by atoms with Crippen LogP contribution in [0.15, 0.2) is 49.1 Å². The highest BCUT2D eigenvalue weighted by atomic mass is 15.0. The second kappa shape index (κ2) is 7.88. The van der Waals surface area contributed by atoms with Gasteiger partial charge < -0.3 is 21.7 Å². The molecule has 0 aliphatic rings. The Morgan fingerprint density at radius 3 is 1.88 bits per heavy atom. The number of hydrogen-bond donors (Lipinski definition) is 4. The predicted octanol–water partition coefficient (Wildman–Crippen LogP) is 0.292. The van der Waals surface area contributed by atoms with E-state index in [0.717, 1.165) is 11.4 Å². The molecule has 0 aromatic carbocycles. The number of nitrogens with one attached hydrogen (secondary N) is 3. The molecule has 0 atom stereocenters. The number of nitriles is 1. The van der Waals surface area contributed by atoms with E-state index in [1.807, 2.05) is 6.07 Å². The molecule has 5 nitrogen and oxygen atoms in total. The molecule has 0 fully saturated rings. The Kier molecular flexibility index (Phi) is 6.79. The molecule has 0 spiro atoms. The Balaban J connectivity index is 3.70. The van der Waals surface area contributed by atoms with Gasteiger partial charge in [-0.2, -0.15) is 5.26 Å². The minimum absolute atomic E-state index is 0.398. The quantitative estimate of drug-likeness (QED) is 0.430. The smallest absolute Gasteiger partial charge is 0.0959 e. The van der Waals surface area contributed by atoms with Crippen molar-refractivity contribution in [1.29, 1.82) is 5.26 Å². The third kappa shape index (κ3) is 8.63. The molecular weight excluding hydrogens is 214 g/mol. The van der Waals surface area contributed by atoms with Crippen LogP contribution in [0.3, 0.4) is 0 Å². The third-order valence-electron chi connectivity index (χ3n) is 1.79. The van der Waals surface area contributed by atoms with Gasteiger partial charge in [0, 0.05) is 23.5 Å². The highest BCUT2D eigenvalue weighted by Gasteiger charge is 1.97. The van der Waals surface area contributed by atoms with Gasteiger partial charge in [0.2, 0.25) is 0 Å². The minimum Gasteiger partial charge on any atom is -0.386 e. The maximum absolute atomic E-state index is 8.51. The maximum atomic E-state index is 8.51. The summed E-state index contributed by atoms with van der Waals surface area (Å²) in [6, 6.07) is 1.95. The molecule has 0 rings (SSSR count).